The first-order valence-corrected chi connectivity index (χ1v) is 9.08. The lowest BCUT2D eigenvalue weighted by Crippen LogP contribution is -2.31. The van der Waals surface area contributed by atoms with E-state index in [9.17, 15) is 18.4 Å². The van der Waals surface area contributed by atoms with Crippen molar-refractivity contribution in [2.24, 2.45) is 0 Å². The molecule has 2 aromatic carbocycles. The number of amides is 1. The minimum absolute atomic E-state index is 0.0476. The molecule has 140 valence electrons. The summed E-state index contributed by atoms with van der Waals surface area (Å²) >= 11 is 7.15. The Kier molecular flexibility index (Phi) is 5.72. The van der Waals surface area contributed by atoms with Gasteiger partial charge in [-0.05, 0) is 24.3 Å². The Morgan fingerprint density at radius 1 is 1.19 bits per heavy atom. The molecule has 0 fully saturated rings. The molecule has 1 amide bonds. The summed E-state index contributed by atoms with van der Waals surface area (Å²) in [5.41, 5.74) is 0.356. The van der Waals surface area contributed by atoms with Gasteiger partial charge in [0, 0.05) is 29.2 Å². The number of halogens is 3. The summed E-state index contributed by atoms with van der Waals surface area (Å²) in [4.78, 5) is 25.7. The average molecular weight is 410 g/mol. The molecule has 0 aliphatic carbocycles. The topological polar surface area (TPSA) is 46.6 Å². The number of rotatable bonds is 5. The molecule has 0 unspecified atom stereocenters. The summed E-state index contributed by atoms with van der Waals surface area (Å²) in [5, 5.41) is 0.699. The molecule has 0 atom stereocenters. The van der Waals surface area contributed by atoms with Crippen LogP contribution in [0.25, 0.3) is 10.1 Å². The summed E-state index contributed by atoms with van der Waals surface area (Å²) < 4.78 is 32.5. The van der Waals surface area contributed by atoms with Gasteiger partial charge < -0.3 is 9.64 Å². The largest absolute Gasteiger partial charge is 0.451 e. The van der Waals surface area contributed by atoms with E-state index in [1.54, 1.807) is 18.2 Å². The molecule has 3 rings (SSSR count). The van der Waals surface area contributed by atoms with Crippen molar-refractivity contribution in [1.82, 2.24) is 4.90 Å². The van der Waals surface area contributed by atoms with Crippen LogP contribution in [0.3, 0.4) is 0 Å². The fourth-order valence-electron chi connectivity index (χ4n) is 2.44. The van der Waals surface area contributed by atoms with E-state index in [2.05, 4.69) is 0 Å². The minimum atomic E-state index is -0.769. The van der Waals surface area contributed by atoms with Crippen molar-refractivity contribution >= 4 is 44.9 Å². The van der Waals surface area contributed by atoms with E-state index in [0.29, 0.717) is 15.6 Å². The van der Waals surface area contributed by atoms with E-state index in [4.69, 9.17) is 16.3 Å². The Bertz CT molecular complexity index is 1020. The number of ether oxygens (including phenoxy) is 1. The van der Waals surface area contributed by atoms with Gasteiger partial charge in [0.05, 0.1) is 5.02 Å². The molecule has 8 heteroatoms. The van der Waals surface area contributed by atoms with Crippen molar-refractivity contribution in [2.75, 3.05) is 13.7 Å². The molecule has 1 aromatic heterocycles. The maximum absolute atomic E-state index is 13.7. The first kappa shape index (κ1) is 19.3. The second kappa shape index (κ2) is 8.02. The van der Waals surface area contributed by atoms with Crippen molar-refractivity contribution in [1.29, 1.82) is 0 Å². The van der Waals surface area contributed by atoms with Crippen LogP contribution in [0.5, 0.6) is 0 Å². The summed E-state index contributed by atoms with van der Waals surface area (Å²) in [7, 11) is 1.48. The van der Waals surface area contributed by atoms with Gasteiger partial charge in [0.2, 0.25) is 0 Å². The van der Waals surface area contributed by atoms with Crippen LogP contribution in [0.4, 0.5) is 8.78 Å². The van der Waals surface area contributed by atoms with E-state index in [0.717, 1.165) is 11.3 Å². The van der Waals surface area contributed by atoms with Gasteiger partial charge in [-0.1, -0.05) is 29.8 Å². The number of thiophene rings is 1. The molecule has 0 spiro atoms. The predicted molar refractivity (Wildman–Crippen MR) is 99.9 cm³/mol. The smallest absolute Gasteiger partial charge is 0.350 e. The standard InChI is InChI=1S/C19H14ClF2NO3S/c1-23(9-11-4-2-3-5-14(11)22)16(24)10-26-19(25)18-17(20)13-7-6-12(21)8-15(13)27-18/h2-8H,9-10H2,1H3. The minimum Gasteiger partial charge on any atom is -0.451 e. The first-order valence-electron chi connectivity index (χ1n) is 7.89. The Morgan fingerprint density at radius 3 is 2.67 bits per heavy atom. The van der Waals surface area contributed by atoms with E-state index in [-0.39, 0.29) is 16.4 Å². The van der Waals surface area contributed by atoms with E-state index in [1.807, 2.05) is 0 Å². The van der Waals surface area contributed by atoms with E-state index < -0.39 is 30.1 Å². The molecule has 0 saturated heterocycles. The monoisotopic (exact) mass is 409 g/mol. The molecular formula is C19H14ClF2NO3S. The molecule has 0 aliphatic rings. The van der Waals surface area contributed by atoms with Gasteiger partial charge in [-0.2, -0.15) is 0 Å². The number of likely N-dealkylation sites (N-methyl/N-ethyl adjacent to an activating group) is 1. The highest BCUT2D eigenvalue weighted by molar-refractivity contribution is 7.21. The van der Waals surface area contributed by atoms with Gasteiger partial charge in [0.15, 0.2) is 6.61 Å². The highest BCUT2D eigenvalue weighted by Gasteiger charge is 2.21. The normalized spacial score (nSPS) is 10.8. The highest BCUT2D eigenvalue weighted by Crippen LogP contribution is 2.36. The zero-order valence-electron chi connectivity index (χ0n) is 14.2. The Balaban J connectivity index is 1.64. The van der Waals surface area contributed by atoms with Crippen molar-refractivity contribution in [2.45, 2.75) is 6.54 Å². The molecule has 0 bridgehead atoms. The molecule has 0 radical (unpaired) electrons. The van der Waals surface area contributed by atoms with Gasteiger partial charge >= 0.3 is 5.97 Å². The molecule has 0 aliphatic heterocycles. The number of benzene rings is 2. The van der Waals surface area contributed by atoms with E-state index in [1.165, 1.54) is 36.2 Å². The number of carbonyl (C=O) groups excluding carboxylic acids is 2. The van der Waals surface area contributed by atoms with Crippen LogP contribution in [0.2, 0.25) is 5.02 Å². The third kappa shape index (κ3) is 4.26. The second-order valence-corrected chi connectivity index (χ2v) is 7.23. The lowest BCUT2D eigenvalue weighted by Gasteiger charge is -2.17. The molecule has 27 heavy (non-hydrogen) atoms. The lowest BCUT2D eigenvalue weighted by atomic mass is 10.2. The molecule has 0 N–H and O–H groups in total. The van der Waals surface area contributed by atoms with Crippen LogP contribution in [0, 0.1) is 11.6 Å². The van der Waals surface area contributed by atoms with Gasteiger partial charge in [-0.25, -0.2) is 13.6 Å². The van der Waals surface area contributed by atoms with Crippen LogP contribution in [-0.2, 0) is 16.1 Å². The predicted octanol–water partition coefficient (Wildman–Crippen LogP) is 4.65. The molecular weight excluding hydrogens is 396 g/mol. The van der Waals surface area contributed by atoms with Crippen molar-refractivity contribution in [3.63, 3.8) is 0 Å². The van der Waals surface area contributed by atoms with Crippen LogP contribution in [0.15, 0.2) is 42.5 Å². The van der Waals surface area contributed by atoms with Crippen molar-refractivity contribution in [3.05, 3.63) is 69.6 Å². The third-order valence-electron chi connectivity index (χ3n) is 3.89. The van der Waals surface area contributed by atoms with Gasteiger partial charge in [-0.15, -0.1) is 11.3 Å². The average Bonchev–Trinajstić information content (AvgIpc) is 2.97. The van der Waals surface area contributed by atoms with Crippen LogP contribution < -0.4 is 0 Å². The molecule has 3 aromatic rings. The van der Waals surface area contributed by atoms with Crippen molar-refractivity contribution < 1.29 is 23.1 Å². The quantitative estimate of drug-likeness (QED) is 0.576. The number of carbonyl (C=O) groups is 2. The maximum Gasteiger partial charge on any atom is 0.350 e. The summed E-state index contributed by atoms with van der Waals surface area (Å²) in [5.74, 6) is -2.12. The number of hydrogen-bond donors (Lipinski definition) is 0. The zero-order valence-corrected chi connectivity index (χ0v) is 15.7. The van der Waals surface area contributed by atoms with Crippen molar-refractivity contribution in [3.8, 4) is 0 Å². The summed E-state index contributed by atoms with van der Waals surface area (Å²) in [6.07, 6.45) is 0. The highest BCUT2D eigenvalue weighted by atomic mass is 35.5. The van der Waals surface area contributed by atoms with Crippen LogP contribution >= 0.6 is 22.9 Å². The van der Waals surface area contributed by atoms with Gasteiger partial charge in [-0.3, -0.25) is 4.79 Å². The maximum atomic E-state index is 13.7. The fraction of sp³-hybridized carbons (Fsp3) is 0.158. The number of esters is 1. The van der Waals surface area contributed by atoms with Gasteiger partial charge in [0.1, 0.15) is 16.5 Å². The third-order valence-corrected chi connectivity index (χ3v) is 5.53. The Labute approximate surface area is 162 Å². The fourth-order valence-corrected chi connectivity index (χ4v) is 3.87. The van der Waals surface area contributed by atoms with Crippen LogP contribution in [0.1, 0.15) is 15.2 Å². The molecule has 1 heterocycles. The van der Waals surface area contributed by atoms with Gasteiger partial charge in [0.25, 0.3) is 5.91 Å². The SMILES string of the molecule is CN(Cc1ccccc1F)C(=O)COC(=O)c1sc2cc(F)ccc2c1Cl. The summed E-state index contributed by atoms with van der Waals surface area (Å²) in [6, 6.07) is 10.1. The Morgan fingerprint density at radius 2 is 1.93 bits per heavy atom. The van der Waals surface area contributed by atoms with E-state index >= 15 is 0 Å². The molecule has 4 nitrogen and oxygen atoms in total. The summed E-state index contributed by atoms with van der Waals surface area (Å²) in [6.45, 7) is -0.464. The first-order chi connectivity index (χ1) is 12.9. The number of hydrogen-bond acceptors (Lipinski definition) is 4. The number of fused-ring (bicyclic) bond motifs is 1. The second-order valence-electron chi connectivity index (χ2n) is 5.80. The molecule has 0 saturated carbocycles. The van der Waals surface area contributed by atoms with Crippen LogP contribution in [-0.4, -0.2) is 30.4 Å². The number of nitrogens with zero attached hydrogens (tertiary/aromatic N) is 1. The zero-order chi connectivity index (χ0) is 19.6. The Hall–Kier alpha value is -2.51. The lowest BCUT2D eigenvalue weighted by molar-refractivity contribution is -0.133.